The van der Waals surface area contributed by atoms with Crippen LogP contribution in [-0.4, -0.2) is 0 Å². The summed E-state index contributed by atoms with van der Waals surface area (Å²) in [5.74, 6) is -27.1. The van der Waals surface area contributed by atoms with Crippen LogP contribution in [0.2, 0.25) is 0 Å². The van der Waals surface area contributed by atoms with Crippen molar-refractivity contribution >= 4 is 11.1 Å². The summed E-state index contributed by atoms with van der Waals surface area (Å²) in [4.78, 5) is 0. The second-order valence-electron chi connectivity index (χ2n) is 7.56. The zero-order valence-electron chi connectivity index (χ0n) is 19.5. The third kappa shape index (κ3) is 4.09. The normalized spacial score (nSPS) is 10.0. The van der Waals surface area contributed by atoms with Crippen molar-refractivity contribution in [3.8, 4) is 58.7 Å². The van der Waals surface area contributed by atoms with Crippen molar-refractivity contribution in [2.75, 3.05) is 0 Å². The lowest BCUT2D eigenvalue weighted by Crippen LogP contribution is -2.29. The molecule has 0 unspecified atom stereocenters. The van der Waals surface area contributed by atoms with Crippen LogP contribution in [0.25, 0.3) is 33.4 Å². The van der Waals surface area contributed by atoms with Gasteiger partial charge in [0.2, 0.25) is 11.6 Å². The average molecular weight is 586 g/mol. The standard InChI is InChI=1S/C26F10N6/c27-17-15(18(28)22(32)25(35)21(17)31)13-10(6-42)12(8(3-39)4-40)14(9(5-41)11(13)7(1-37)2-38)16-19(29)23(33)26(36)24(34)20(16)30. The second kappa shape index (κ2) is 11.0. The lowest BCUT2D eigenvalue weighted by molar-refractivity contribution is 0.381. The summed E-state index contributed by atoms with van der Waals surface area (Å²) in [6.07, 6.45) is 0. The van der Waals surface area contributed by atoms with E-state index >= 15 is 17.6 Å². The first-order valence-electron chi connectivity index (χ1n) is 10.2. The van der Waals surface area contributed by atoms with Gasteiger partial charge in [0.05, 0.1) is 22.3 Å². The molecule has 0 spiro atoms. The molecule has 0 radical (unpaired) electrons. The van der Waals surface area contributed by atoms with Gasteiger partial charge in [0.25, 0.3) is 0 Å². The van der Waals surface area contributed by atoms with Crippen LogP contribution in [0.5, 0.6) is 0 Å². The van der Waals surface area contributed by atoms with Gasteiger partial charge < -0.3 is 0 Å². The van der Waals surface area contributed by atoms with Gasteiger partial charge in [-0.15, -0.1) is 0 Å². The molecule has 3 rings (SSSR count). The van der Waals surface area contributed by atoms with Crippen molar-refractivity contribution in [2.45, 2.75) is 0 Å². The number of halogens is 10. The van der Waals surface area contributed by atoms with E-state index in [9.17, 15) is 57.9 Å². The average Bonchev–Trinajstić information content (AvgIpc) is 2.99. The molecule has 0 atom stereocenters. The maximum atomic E-state index is 15.0. The van der Waals surface area contributed by atoms with Gasteiger partial charge in [0, 0.05) is 21.6 Å². The summed E-state index contributed by atoms with van der Waals surface area (Å²) in [6, 6.07) is 6.35. The van der Waals surface area contributed by atoms with Crippen LogP contribution in [0.4, 0.5) is 43.9 Å². The third-order valence-electron chi connectivity index (χ3n) is 5.59. The van der Waals surface area contributed by atoms with E-state index in [1.54, 1.807) is 0 Å². The van der Waals surface area contributed by atoms with Crippen molar-refractivity contribution in [3.63, 3.8) is 0 Å². The fraction of sp³-hybridized carbons (Fsp3) is 0. The molecule has 0 saturated heterocycles. The molecule has 0 N–H and O–H groups in total. The Morgan fingerprint density at radius 3 is 0.738 bits per heavy atom. The molecular formula is C26F10N6. The fourth-order valence-electron chi connectivity index (χ4n) is 3.90. The molecule has 3 aromatic carbocycles. The zero-order valence-corrected chi connectivity index (χ0v) is 19.5. The van der Waals surface area contributed by atoms with Gasteiger partial charge in [-0.2, -0.15) is 31.6 Å². The molecule has 16 heteroatoms. The van der Waals surface area contributed by atoms with Crippen molar-refractivity contribution in [1.82, 2.24) is 0 Å². The van der Waals surface area contributed by atoms with Crippen LogP contribution in [-0.2, 0) is 0 Å². The van der Waals surface area contributed by atoms with Crippen LogP contribution in [0.3, 0.4) is 0 Å². The van der Waals surface area contributed by atoms with E-state index in [4.69, 9.17) is 0 Å². The molecule has 0 heterocycles. The Balaban J connectivity index is 3.13. The molecule has 0 aromatic heterocycles. The van der Waals surface area contributed by atoms with E-state index in [0.29, 0.717) is 0 Å². The van der Waals surface area contributed by atoms with Gasteiger partial charge in [-0.05, 0) is 0 Å². The highest BCUT2D eigenvalue weighted by Gasteiger charge is 2.35. The predicted octanol–water partition coefficient (Wildman–Crippen LogP) is 4.55. The van der Waals surface area contributed by atoms with Crippen molar-refractivity contribution in [2.24, 2.45) is 0 Å². The number of hydrogen-bond donors (Lipinski definition) is 0. The Kier molecular flexibility index (Phi) is 7.92. The quantitative estimate of drug-likeness (QED) is 0.245. The van der Waals surface area contributed by atoms with E-state index in [2.05, 4.69) is 0 Å². The maximum Gasteiger partial charge on any atom is 0.200 e. The summed E-state index contributed by atoms with van der Waals surface area (Å²) < 4.78 is 144. The van der Waals surface area contributed by atoms with Crippen LogP contribution in [0, 0.1) is 126 Å². The van der Waals surface area contributed by atoms with Gasteiger partial charge in [0.15, 0.2) is 46.5 Å². The molecule has 0 bridgehead atoms. The summed E-state index contributed by atoms with van der Waals surface area (Å²) in [5, 5.41) is 54.6. The highest BCUT2D eigenvalue weighted by atomic mass is 19.2. The lowest BCUT2D eigenvalue weighted by Gasteiger charge is -2.17. The maximum absolute atomic E-state index is 15.0. The molecule has 6 nitrogen and oxygen atoms in total. The van der Waals surface area contributed by atoms with Gasteiger partial charge in [-0.3, -0.25) is 0 Å². The number of nitriles is 6. The number of nitrogens with zero attached hydrogens (tertiary/aromatic N) is 6. The molecule has 0 saturated carbocycles. The van der Waals surface area contributed by atoms with Gasteiger partial charge in [-0.25, -0.2) is 43.9 Å². The third-order valence-corrected chi connectivity index (χ3v) is 5.59. The molecule has 0 aliphatic rings. The fourth-order valence-corrected chi connectivity index (χ4v) is 3.90. The molecule has 3 aromatic rings. The molecular weight excluding hydrogens is 586 g/mol. The first-order valence-corrected chi connectivity index (χ1v) is 10.2. The lowest BCUT2D eigenvalue weighted by atomic mass is 9.83. The smallest absolute Gasteiger partial charge is 0.200 e. The highest BCUT2D eigenvalue weighted by molar-refractivity contribution is 5.92. The summed E-state index contributed by atoms with van der Waals surface area (Å²) in [7, 11) is 0. The summed E-state index contributed by atoms with van der Waals surface area (Å²) in [5.41, 5.74) is -13.9. The molecule has 0 fully saturated rings. The molecule has 0 aliphatic carbocycles. The minimum atomic E-state index is -2.75. The van der Waals surface area contributed by atoms with Crippen molar-refractivity contribution < 1.29 is 43.9 Å². The zero-order chi connectivity index (χ0) is 31.8. The monoisotopic (exact) mass is 586 g/mol. The van der Waals surface area contributed by atoms with Gasteiger partial charge in [-0.1, -0.05) is 0 Å². The van der Waals surface area contributed by atoms with Crippen molar-refractivity contribution in [3.05, 3.63) is 79.7 Å². The van der Waals surface area contributed by atoms with Gasteiger partial charge >= 0.3 is 0 Å². The van der Waals surface area contributed by atoms with E-state index in [0.717, 1.165) is 36.4 Å². The Morgan fingerprint density at radius 1 is 0.333 bits per heavy atom. The minimum Gasteiger partial charge on any atom is -0.203 e. The van der Waals surface area contributed by atoms with Crippen LogP contribution in [0.15, 0.2) is 0 Å². The topological polar surface area (TPSA) is 143 Å². The summed E-state index contributed by atoms with van der Waals surface area (Å²) in [6.45, 7) is 0. The Hall–Kier alpha value is -6.36. The van der Waals surface area contributed by atoms with Gasteiger partial charge in [0.1, 0.15) is 47.6 Å². The van der Waals surface area contributed by atoms with E-state index < -0.39 is 113 Å². The first-order chi connectivity index (χ1) is 19.8. The van der Waals surface area contributed by atoms with E-state index in [1.807, 2.05) is 0 Å². The van der Waals surface area contributed by atoms with Crippen molar-refractivity contribution in [1.29, 1.82) is 31.6 Å². The molecule has 0 amide bonds. The number of hydrogen-bond acceptors (Lipinski definition) is 6. The highest BCUT2D eigenvalue weighted by Crippen LogP contribution is 2.36. The number of rotatable bonds is 2. The van der Waals surface area contributed by atoms with Crippen LogP contribution >= 0.6 is 0 Å². The largest absolute Gasteiger partial charge is 0.203 e. The Labute approximate surface area is 225 Å². The predicted molar refractivity (Wildman–Crippen MR) is 115 cm³/mol. The molecule has 0 aliphatic heterocycles. The minimum absolute atomic E-state index is 1.06. The number of benzene rings is 3. The molecule has 42 heavy (non-hydrogen) atoms. The van der Waals surface area contributed by atoms with E-state index in [-0.39, 0.29) is 0 Å². The Bertz CT molecular complexity index is 1920. The molecule has 204 valence electrons. The first kappa shape index (κ1) is 30.2. The summed E-state index contributed by atoms with van der Waals surface area (Å²) >= 11 is 0. The van der Waals surface area contributed by atoms with Crippen LogP contribution in [0.1, 0.15) is 11.1 Å². The Morgan fingerprint density at radius 2 is 0.548 bits per heavy atom. The SMILES string of the molecule is N#CC(C#N)=c1c(C#N)c(-c2c(F)c(F)c(F)c(F)c2F)c(=C(C#N)C#N)c(C#N)c1-c1c(F)c(F)c(F)c(F)c1F. The van der Waals surface area contributed by atoms with E-state index in [1.165, 1.54) is 0 Å². The van der Waals surface area contributed by atoms with Crippen LogP contribution < -0.4 is 10.4 Å². The second-order valence-corrected chi connectivity index (χ2v) is 7.56.